The van der Waals surface area contributed by atoms with Gasteiger partial charge in [0.2, 0.25) is 0 Å². The number of benzene rings is 1. The number of hydrogen-bond donors (Lipinski definition) is 1. The molecule has 1 aromatic rings. The molecule has 2 saturated carbocycles. The molecule has 5 nitrogen and oxygen atoms in total. The van der Waals surface area contributed by atoms with Crippen molar-refractivity contribution in [3.8, 4) is 0 Å². The van der Waals surface area contributed by atoms with Crippen molar-refractivity contribution in [1.29, 1.82) is 0 Å². The minimum atomic E-state index is -0.802. The average molecular weight is 473 g/mol. The molecule has 0 bridgehead atoms. The molecule has 155 valence electrons. The predicted molar refractivity (Wildman–Crippen MR) is 106 cm³/mol. The topological polar surface area (TPSA) is 66.8 Å². The second kappa shape index (κ2) is 9.15. The van der Waals surface area contributed by atoms with E-state index < -0.39 is 5.60 Å². The van der Waals surface area contributed by atoms with E-state index in [9.17, 15) is 14.7 Å². The number of ketones is 1. The summed E-state index contributed by atoms with van der Waals surface area (Å²) >= 11 is 0. The van der Waals surface area contributed by atoms with Gasteiger partial charge in [-0.25, -0.2) is 4.79 Å². The van der Waals surface area contributed by atoms with E-state index >= 15 is 0 Å². The van der Waals surface area contributed by atoms with Crippen LogP contribution in [0.1, 0.15) is 69.4 Å². The van der Waals surface area contributed by atoms with Crippen LogP contribution >= 0.6 is 0 Å². The van der Waals surface area contributed by atoms with Crippen LogP contribution in [-0.2, 0) is 47.8 Å². The van der Waals surface area contributed by atoms with Gasteiger partial charge in [0.1, 0.15) is 11.9 Å². The Kier molecular flexibility index (Phi) is 7.23. The van der Waals surface area contributed by atoms with Crippen LogP contribution in [0, 0.1) is 24.8 Å². The number of aryl methyl sites for hydroxylation is 1. The quantitative estimate of drug-likeness (QED) is 0.649. The van der Waals surface area contributed by atoms with Crippen molar-refractivity contribution in [3.05, 3.63) is 29.3 Å². The van der Waals surface area contributed by atoms with Crippen molar-refractivity contribution in [3.63, 3.8) is 0 Å². The Labute approximate surface area is 198 Å². The van der Waals surface area contributed by atoms with E-state index in [1.165, 1.54) is 19.3 Å². The van der Waals surface area contributed by atoms with Gasteiger partial charge in [-0.3, -0.25) is 0 Å². The van der Waals surface area contributed by atoms with Crippen LogP contribution in [0.15, 0.2) is 12.1 Å². The second-order valence-electron chi connectivity index (χ2n) is 9.00. The summed E-state index contributed by atoms with van der Waals surface area (Å²) in [6.07, 6.45) is 6.89. The Morgan fingerprint density at radius 1 is 1.34 bits per heavy atom. The Morgan fingerprint density at radius 2 is 2.10 bits per heavy atom. The van der Waals surface area contributed by atoms with Gasteiger partial charge in [-0.05, 0) is 44.4 Å². The van der Waals surface area contributed by atoms with Gasteiger partial charge < -0.3 is 19.5 Å². The predicted octanol–water partition coefficient (Wildman–Crippen LogP) is 4.27. The van der Waals surface area contributed by atoms with Gasteiger partial charge in [0.25, 0.3) is 0 Å². The van der Waals surface area contributed by atoms with Crippen molar-refractivity contribution in [1.82, 2.24) is 0 Å². The van der Waals surface area contributed by atoms with Crippen molar-refractivity contribution >= 4 is 17.6 Å². The second-order valence-corrected chi connectivity index (χ2v) is 9.00. The first-order valence-electron chi connectivity index (χ1n) is 10.6. The van der Waals surface area contributed by atoms with E-state index in [2.05, 4.69) is 6.07 Å². The molecule has 1 aliphatic heterocycles. The molecule has 2 aliphatic carbocycles. The van der Waals surface area contributed by atoms with Gasteiger partial charge in [-0.15, -0.1) is 11.6 Å². The van der Waals surface area contributed by atoms with Crippen LogP contribution in [0.2, 0.25) is 0 Å². The Balaban J connectivity index is 0.00000240. The number of nitrogens with zero attached hydrogens (tertiary/aromatic N) is 1. The third-order valence-electron chi connectivity index (χ3n) is 6.94. The molecule has 1 saturated heterocycles. The van der Waals surface area contributed by atoms with Gasteiger partial charge in [0.15, 0.2) is 0 Å². The van der Waals surface area contributed by atoms with E-state index in [0.717, 1.165) is 42.0 Å². The molecule has 3 fully saturated rings. The SMILES string of the molecule is CC(=O)CC[C@H]1CN(c2c[c-]c(C3(O)CCC4CCCC4C3)c(C)c2)C(=O)O1.[Y]. The molecule has 6 heteroatoms. The number of hydrogen-bond acceptors (Lipinski definition) is 4. The summed E-state index contributed by atoms with van der Waals surface area (Å²) in [5, 5.41) is 11.4. The molecule has 0 aromatic heterocycles. The van der Waals surface area contributed by atoms with Crippen LogP contribution in [0.4, 0.5) is 10.5 Å². The van der Waals surface area contributed by atoms with Gasteiger partial charge in [0, 0.05) is 39.1 Å². The molecule has 3 aliphatic rings. The number of anilines is 1. The smallest absolute Gasteiger partial charge is 0.403 e. The molecule has 29 heavy (non-hydrogen) atoms. The van der Waals surface area contributed by atoms with Crippen LogP contribution in [0.25, 0.3) is 0 Å². The molecule has 1 N–H and O–H groups in total. The molecule has 3 unspecified atom stereocenters. The first kappa shape index (κ1) is 22.9. The van der Waals surface area contributed by atoms with Gasteiger partial charge in [0.05, 0.1) is 12.1 Å². The third kappa shape index (κ3) is 4.78. The van der Waals surface area contributed by atoms with Crippen LogP contribution in [0.3, 0.4) is 0 Å². The van der Waals surface area contributed by atoms with Gasteiger partial charge in [-0.1, -0.05) is 31.9 Å². The third-order valence-corrected chi connectivity index (χ3v) is 6.94. The summed E-state index contributed by atoms with van der Waals surface area (Å²) in [4.78, 5) is 25.1. The number of carbonyl (C=O) groups is 2. The Morgan fingerprint density at radius 3 is 2.83 bits per heavy atom. The van der Waals surface area contributed by atoms with E-state index in [1.54, 1.807) is 17.9 Å². The summed E-state index contributed by atoms with van der Waals surface area (Å²) in [5.41, 5.74) is 1.79. The molecular weight excluding hydrogens is 443 g/mol. The molecule has 4 atom stereocenters. The molecule has 1 radical (unpaired) electrons. The van der Waals surface area contributed by atoms with Crippen LogP contribution in [0.5, 0.6) is 0 Å². The maximum absolute atomic E-state index is 12.3. The monoisotopic (exact) mass is 473 g/mol. The number of rotatable bonds is 5. The van der Waals surface area contributed by atoms with Crippen molar-refractivity contribution in [2.24, 2.45) is 11.8 Å². The van der Waals surface area contributed by atoms with Gasteiger partial charge in [-0.2, -0.15) is 17.7 Å². The van der Waals surface area contributed by atoms with E-state index in [0.29, 0.717) is 25.3 Å². The number of fused-ring (bicyclic) bond motifs is 1. The minimum absolute atomic E-state index is 0. The normalized spacial score (nSPS) is 31.2. The Bertz CT molecular complexity index is 782. The number of aliphatic hydroxyl groups is 1. The molecule has 1 amide bonds. The first-order valence-corrected chi connectivity index (χ1v) is 10.6. The summed E-state index contributed by atoms with van der Waals surface area (Å²) < 4.78 is 5.40. The van der Waals surface area contributed by atoms with E-state index in [1.807, 2.05) is 13.0 Å². The average Bonchev–Trinajstić information content (AvgIpc) is 3.25. The maximum atomic E-state index is 12.3. The summed E-state index contributed by atoms with van der Waals surface area (Å²) in [5.74, 6) is 1.52. The fourth-order valence-electron chi connectivity index (χ4n) is 5.45. The van der Waals surface area contributed by atoms with Crippen molar-refractivity contribution < 1.29 is 52.1 Å². The zero-order chi connectivity index (χ0) is 19.9. The standard InChI is InChI=1S/C23H30NO4.Y/c1-15-12-19(24-14-20(28-22(24)26)8-6-16(2)25)7-9-21(15)23(27)11-10-17-4-3-5-18(17)13-23;/h7,12,17-18,20,27H,3-6,8,10-11,13-14H2,1-2H3;/q-1;/t17?,18?,20-,23?;/m0./s1. The summed E-state index contributed by atoms with van der Waals surface area (Å²) in [6, 6.07) is 7.06. The minimum Gasteiger partial charge on any atom is -0.445 e. The molecular formula is C23H30NO4Y-. The number of ether oxygens (including phenoxy) is 1. The largest absolute Gasteiger partial charge is 0.445 e. The zero-order valence-corrected chi connectivity index (χ0v) is 20.3. The fourth-order valence-corrected chi connectivity index (χ4v) is 5.45. The molecule has 1 heterocycles. The molecule has 1 aromatic carbocycles. The molecule has 4 rings (SSSR count). The van der Waals surface area contributed by atoms with Crippen LogP contribution < -0.4 is 4.90 Å². The number of amides is 1. The number of cyclic esters (lactones) is 1. The fraction of sp³-hybridized carbons (Fsp3) is 0.652. The van der Waals surface area contributed by atoms with Crippen LogP contribution in [-0.4, -0.2) is 29.6 Å². The number of carbonyl (C=O) groups excluding carboxylic acids is 2. The summed E-state index contributed by atoms with van der Waals surface area (Å²) in [7, 11) is 0. The van der Waals surface area contributed by atoms with E-state index in [-0.39, 0.29) is 50.7 Å². The molecule has 0 spiro atoms. The number of Topliss-reactive ketones (excluding diaryl/α,β-unsaturated/α-hetero) is 1. The zero-order valence-electron chi connectivity index (χ0n) is 17.4. The van der Waals surface area contributed by atoms with E-state index in [4.69, 9.17) is 4.74 Å². The Hall–Kier alpha value is -0.776. The first-order chi connectivity index (χ1) is 13.4. The van der Waals surface area contributed by atoms with Gasteiger partial charge >= 0.3 is 6.09 Å². The maximum Gasteiger partial charge on any atom is 0.403 e. The summed E-state index contributed by atoms with van der Waals surface area (Å²) in [6.45, 7) is 3.99. The van der Waals surface area contributed by atoms with Crippen molar-refractivity contribution in [2.75, 3.05) is 11.4 Å². The van der Waals surface area contributed by atoms with Crippen molar-refractivity contribution in [2.45, 2.75) is 76.9 Å².